The predicted octanol–water partition coefficient (Wildman–Crippen LogP) is 14.5. The van der Waals surface area contributed by atoms with E-state index in [1.54, 1.807) is 0 Å². The maximum absolute atomic E-state index is 2.54. The van der Waals surface area contributed by atoms with Gasteiger partial charge in [-0.1, -0.05) is 138 Å². The van der Waals surface area contributed by atoms with Crippen molar-refractivity contribution >= 4 is 27.8 Å². The standard InChI is InChI=1S/C53H49N/c1-30-19-23-34(24-20-30)54(35-25-21-31(2)22-26-35)43-29-42-46(37-16-12-11-15-36(37)43)45-33(4)28-40-39-27-32(3)44-38-17-13-14-18-41(38)51(5,6)49(44)47(39)53(9,10)48(40)50(45)52(42,7)8/h11-29H,1-10H3. The third-order valence-corrected chi connectivity index (χ3v) is 13.5. The van der Waals surface area contributed by atoms with E-state index in [0.29, 0.717) is 0 Å². The molecule has 0 atom stereocenters. The minimum atomic E-state index is -0.234. The number of nitrogens with zero attached hydrogens (tertiary/aromatic N) is 1. The highest BCUT2D eigenvalue weighted by Crippen LogP contribution is 2.65. The van der Waals surface area contributed by atoms with Crippen molar-refractivity contribution < 1.29 is 0 Å². The van der Waals surface area contributed by atoms with Crippen LogP contribution in [0, 0.1) is 27.7 Å². The third kappa shape index (κ3) is 4.16. The van der Waals surface area contributed by atoms with Gasteiger partial charge >= 0.3 is 0 Å². The molecule has 0 spiro atoms. The van der Waals surface area contributed by atoms with Gasteiger partial charge < -0.3 is 4.90 Å². The summed E-state index contributed by atoms with van der Waals surface area (Å²) in [7, 11) is 0. The molecule has 0 heterocycles. The first-order valence-corrected chi connectivity index (χ1v) is 19.7. The van der Waals surface area contributed by atoms with Crippen LogP contribution >= 0.6 is 0 Å². The molecule has 1 heteroatoms. The van der Waals surface area contributed by atoms with Crippen LogP contribution in [0.25, 0.3) is 44.2 Å². The molecule has 10 rings (SSSR count). The summed E-state index contributed by atoms with van der Waals surface area (Å²) < 4.78 is 0. The van der Waals surface area contributed by atoms with Crippen LogP contribution in [0.5, 0.6) is 0 Å². The van der Waals surface area contributed by atoms with Crippen molar-refractivity contribution in [1.82, 2.24) is 0 Å². The summed E-state index contributed by atoms with van der Waals surface area (Å²) in [6, 6.07) is 43.9. The summed E-state index contributed by atoms with van der Waals surface area (Å²) in [6.07, 6.45) is 0. The van der Waals surface area contributed by atoms with Crippen LogP contribution in [0.3, 0.4) is 0 Å². The fourth-order valence-electron chi connectivity index (χ4n) is 11.0. The first-order chi connectivity index (χ1) is 25.7. The van der Waals surface area contributed by atoms with Crippen molar-refractivity contribution in [2.45, 2.75) is 85.5 Å². The van der Waals surface area contributed by atoms with Gasteiger partial charge in [0.1, 0.15) is 0 Å². The molecule has 0 fully saturated rings. The Labute approximate surface area is 321 Å². The zero-order valence-electron chi connectivity index (χ0n) is 33.4. The monoisotopic (exact) mass is 699 g/mol. The summed E-state index contributed by atoms with van der Waals surface area (Å²) in [4.78, 5) is 2.48. The van der Waals surface area contributed by atoms with Crippen LogP contribution in [0.4, 0.5) is 17.1 Å². The first-order valence-electron chi connectivity index (χ1n) is 19.7. The maximum Gasteiger partial charge on any atom is 0.0543 e. The average Bonchev–Trinajstić information content (AvgIpc) is 3.62. The minimum absolute atomic E-state index is 0.0848. The second-order valence-electron chi connectivity index (χ2n) is 18.0. The second kappa shape index (κ2) is 10.9. The van der Waals surface area contributed by atoms with Crippen molar-refractivity contribution in [2.75, 3.05) is 4.90 Å². The predicted molar refractivity (Wildman–Crippen MR) is 230 cm³/mol. The Hall–Kier alpha value is -5.40. The molecule has 0 unspecified atom stereocenters. The molecule has 7 aromatic carbocycles. The molecule has 3 aliphatic carbocycles. The van der Waals surface area contributed by atoms with Gasteiger partial charge in [-0.05, 0) is 141 Å². The van der Waals surface area contributed by atoms with Gasteiger partial charge in [-0.3, -0.25) is 0 Å². The van der Waals surface area contributed by atoms with Gasteiger partial charge in [-0.15, -0.1) is 0 Å². The molecule has 0 saturated heterocycles. The van der Waals surface area contributed by atoms with E-state index in [9.17, 15) is 0 Å². The highest BCUT2D eigenvalue weighted by Gasteiger charge is 2.51. The van der Waals surface area contributed by atoms with Crippen LogP contribution < -0.4 is 4.90 Å². The van der Waals surface area contributed by atoms with Gasteiger partial charge in [0, 0.05) is 33.0 Å². The van der Waals surface area contributed by atoms with Crippen molar-refractivity contribution in [1.29, 1.82) is 0 Å². The van der Waals surface area contributed by atoms with Gasteiger partial charge in [0.2, 0.25) is 0 Å². The highest BCUT2D eigenvalue weighted by atomic mass is 15.1. The summed E-state index contributed by atoms with van der Waals surface area (Å²) in [6.45, 7) is 24.0. The molecule has 7 aromatic rings. The lowest BCUT2D eigenvalue weighted by Gasteiger charge is -2.34. The largest absolute Gasteiger partial charge is 0.310 e. The number of hydrogen-bond acceptors (Lipinski definition) is 1. The first kappa shape index (κ1) is 33.2. The average molecular weight is 700 g/mol. The van der Waals surface area contributed by atoms with Crippen LogP contribution in [-0.4, -0.2) is 0 Å². The fourth-order valence-corrected chi connectivity index (χ4v) is 11.0. The van der Waals surface area contributed by atoms with Gasteiger partial charge in [0.05, 0.1) is 5.69 Å². The van der Waals surface area contributed by atoms with E-state index in [0.717, 1.165) is 0 Å². The van der Waals surface area contributed by atoms with Crippen molar-refractivity contribution in [3.05, 3.63) is 171 Å². The fraction of sp³-hybridized carbons (Fsp3) is 0.245. The molecule has 3 aliphatic rings. The Balaban J connectivity index is 1.26. The second-order valence-corrected chi connectivity index (χ2v) is 18.0. The molecule has 0 N–H and O–H groups in total. The van der Waals surface area contributed by atoms with E-state index in [2.05, 4.69) is 189 Å². The molecule has 0 bridgehead atoms. The number of hydrogen-bond donors (Lipinski definition) is 0. The van der Waals surface area contributed by atoms with Gasteiger partial charge in [0.15, 0.2) is 0 Å². The normalized spacial score (nSPS) is 16.0. The number of anilines is 3. The zero-order chi connectivity index (χ0) is 37.6. The molecular weight excluding hydrogens is 651 g/mol. The van der Waals surface area contributed by atoms with E-state index in [4.69, 9.17) is 0 Å². The molecule has 54 heavy (non-hydrogen) atoms. The third-order valence-electron chi connectivity index (χ3n) is 13.5. The van der Waals surface area contributed by atoms with Crippen LogP contribution in [-0.2, 0) is 16.2 Å². The molecule has 266 valence electrons. The van der Waals surface area contributed by atoms with Gasteiger partial charge in [-0.25, -0.2) is 0 Å². The molecule has 0 aromatic heterocycles. The Kier molecular flexibility index (Phi) is 6.67. The summed E-state index contributed by atoms with van der Waals surface area (Å²) >= 11 is 0. The van der Waals surface area contributed by atoms with Gasteiger partial charge in [-0.2, -0.15) is 0 Å². The molecule has 0 amide bonds. The number of rotatable bonds is 3. The van der Waals surface area contributed by atoms with Crippen LogP contribution in [0.15, 0.2) is 115 Å². The lowest BCUT2D eigenvalue weighted by Crippen LogP contribution is -2.27. The molecule has 0 aliphatic heterocycles. The number of benzene rings is 7. The molecule has 1 nitrogen and oxygen atoms in total. The van der Waals surface area contributed by atoms with E-state index in [1.165, 1.54) is 117 Å². The summed E-state index contributed by atoms with van der Waals surface area (Å²) in [5, 5.41) is 2.60. The Morgan fingerprint density at radius 1 is 0.389 bits per heavy atom. The van der Waals surface area contributed by atoms with Crippen LogP contribution in [0.2, 0.25) is 0 Å². The minimum Gasteiger partial charge on any atom is -0.310 e. The highest BCUT2D eigenvalue weighted by molar-refractivity contribution is 6.11. The van der Waals surface area contributed by atoms with Crippen molar-refractivity contribution in [3.8, 4) is 33.4 Å². The number of aryl methyl sites for hydroxylation is 4. The molecular formula is C53H49N. The Morgan fingerprint density at radius 2 is 0.870 bits per heavy atom. The van der Waals surface area contributed by atoms with E-state index >= 15 is 0 Å². The lowest BCUT2D eigenvalue weighted by atomic mass is 9.69. The molecule has 0 radical (unpaired) electrons. The van der Waals surface area contributed by atoms with Crippen LogP contribution in [0.1, 0.15) is 97.2 Å². The lowest BCUT2D eigenvalue weighted by molar-refractivity contribution is 0.578. The van der Waals surface area contributed by atoms with Crippen molar-refractivity contribution in [3.63, 3.8) is 0 Å². The SMILES string of the molecule is Cc1ccc(N(c2ccc(C)cc2)c2cc3c(c4ccccc24)-c2c(C)cc4c(c2C3(C)C)C(C)(C)c2c-4cc(C)c3c2C(C)(C)c2ccccc2-3)cc1. The topological polar surface area (TPSA) is 3.24 Å². The van der Waals surface area contributed by atoms with Gasteiger partial charge in [0.25, 0.3) is 0 Å². The zero-order valence-corrected chi connectivity index (χ0v) is 33.4. The Morgan fingerprint density at radius 3 is 1.46 bits per heavy atom. The van der Waals surface area contributed by atoms with E-state index in [-0.39, 0.29) is 16.2 Å². The van der Waals surface area contributed by atoms with E-state index < -0.39 is 0 Å². The van der Waals surface area contributed by atoms with E-state index in [1.807, 2.05) is 0 Å². The smallest absolute Gasteiger partial charge is 0.0543 e. The maximum atomic E-state index is 2.54. The number of fused-ring (bicyclic) bond motifs is 13. The summed E-state index contributed by atoms with van der Waals surface area (Å²) in [5.41, 5.74) is 25.8. The quantitative estimate of drug-likeness (QED) is 0.177. The van der Waals surface area contributed by atoms with Crippen molar-refractivity contribution in [2.24, 2.45) is 0 Å². The summed E-state index contributed by atoms with van der Waals surface area (Å²) in [5.74, 6) is 0. The molecule has 0 saturated carbocycles. The Bertz CT molecular complexity index is 2710.